The van der Waals surface area contributed by atoms with Crippen LogP contribution in [0.15, 0.2) is 47.1 Å². The fraction of sp³-hybridized carbons (Fsp3) is 0.421. The fourth-order valence-electron chi connectivity index (χ4n) is 3.08. The van der Waals surface area contributed by atoms with Gasteiger partial charge in [0.2, 0.25) is 5.91 Å². The summed E-state index contributed by atoms with van der Waals surface area (Å²) in [5, 5.41) is 2.96. The van der Waals surface area contributed by atoms with Crippen LogP contribution in [0.4, 0.5) is 0 Å². The summed E-state index contributed by atoms with van der Waals surface area (Å²) in [6.07, 6.45) is 3.56. The average Bonchev–Trinajstić information content (AvgIpc) is 3.24. The van der Waals surface area contributed by atoms with Gasteiger partial charge in [0.25, 0.3) is 0 Å². The van der Waals surface area contributed by atoms with Crippen LogP contribution in [-0.4, -0.2) is 36.5 Å². The van der Waals surface area contributed by atoms with Crippen molar-refractivity contribution in [1.29, 1.82) is 0 Å². The van der Waals surface area contributed by atoms with Gasteiger partial charge in [-0.25, -0.2) is 0 Å². The van der Waals surface area contributed by atoms with Crippen LogP contribution < -0.4 is 10.1 Å². The molecule has 2 heterocycles. The van der Waals surface area contributed by atoms with Crippen molar-refractivity contribution in [1.82, 2.24) is 10.2 Å². The number of likely N-dealkylation sites (tertiary alicyclic amines) is 1. The van der Waals surface area contributed by atoms with Gasteiger partial charge in [-0.1, -0.05) is 12.1 Å². The molecule has 0 bridgehead atoms. The summed E-state index contributed by atoms with van der Waals surface area (Å²) in [7, 11) is 0. The number of nitrogens with zero attached hydrogens (tertiary/aromatic N) is 1. The molecule has 5 heteroatoms. The van der Waals surface area contributed by atoms with Crippen molar-refractivity contribution in [2.75, 3.05) is 19.7 Å². The standard InChI is InChI=1S/C19H24N2O3/c1-15-5-2-6-16(13-15)24-12-10-21-9-3-8-18(21)19(22)20-14-17-7-4-11-23-17/h2,4-7,11,13,18H,3,8-10,12,14H2,1H3,(H,20,22)/t18-/m0/s1. The van der Waals surface area contributed by atoms with E-state index in [9.17, 15) is 4.79 Å². The van der Waals surface area contributed by atoms with Crippen LogP contribution in [0.3, 0.4) is 0 Å². The molecule has 1 aliphatic rings. The first-order valence-electron chi connectivity index (χ1n) is 8.46. The van der Waals surface area contributed by atoms with Crippen molar-refractivity contribution in [3.63, 3.8) is 0 Å². The Labute approximate surface area is 142 Å². The number of furan rings is 1. The van der Waals surface area contributed by atoms with E-state index in [1.54, 1.807) is 6.26 Å². The Hall–Kier alpha value is -2.27. The van der Waals surface area contributed by atoms with E-state index >= 15 is 0 Å². The summed E-state index contributed by atoms with van der Waals surface area (Å²) < 4.78 is 11.1. The van der Waals surface area contributed by atoms with E-state index in [0.717, 1.165) is 37.4 Å². The molecule has 1 amide bonds. The molecule has 1 fully saturated rings. The molecule has 24 heavy (non-hydrogen) atoms. The number of carbonyl (C=O) groups is 1. The summed E-state index contributed by atoms with van der Waals surface area (Å²) in [5.41, 5.74) is 1.18. The highest BCUT2D eigenvalue weighted by molar-refractivity contribution is 5.81. The van der Waals surface area contributed by atoms with Crippen LogP contribution in [0.1, 0.15) is 24.2 Å². The Kier molecular flexibility index (Phi) is 5.54. The van der Waals surface area contributed by atoms with E-state index in [1.807, 2.05) is 43.3 Å². The van der Waals surface area contributed by atoms with Crippen molar-refractivity contribution in [3.8, 4) is 5.75 Å². The highest BCUT2D eigenvalue weighted by Gasteiger charge is 2.30. The second kappa shape index (κ2) is 8.02. The summed E-state index contributed by atoms with van der Waals surface area (Å²) >= 11 is 0. The van der Waals surface area contributed by atoms with Gasteiger partial charge in [0.1, 0.15) is 18.1 Å². The van der Waals surface area contributed by atoms with E-state index in [4.69, 9.17) is 9.15 Å². The summed E-state index contributed by atoms with van der Waals surface area (Å²) in [6, 6.07) is 11.6. The van der Waals surface area contributed by atoms with E-state index in [2.05, 4.69) is 10.2 Å². The van der Waals surface area contributed by atoms with E-state index in [0.29, 0.717) is 13.2 Å². The lowest BCUT2D eigenvalue weighted by atomic mass is 10.2. The Morgan fingerprint density at radius 1 is 1.38 bits per heavy atom. The molecule has 0 unspecified atom stereocenters. The average molecular weight is 328 g/mol. The fourth-order valence-corrected chi connectivity index (χ4v) is 3.08. The summed E-state index contributed by atoms with van der Waals surface area (Å²) in [4.78, 5) is 14.6. The van der Waals surface area contributed by atoms with E-state index in [-0.39, 0.29) is 11.9 Å². The molecular formula is C19H24N2O3. The third-order valence-electron chi connectivity index (χ3n) is 4.32. The molecule has 1 aromatic carbocycles. The zero-order valence-corrected chi connectivity index (χ0v) is 14.0. The lowest BCUT2D eigenvalue weighted by Gasteiger charge is -2.23. The largest absolute Gasteiger partial charge is 0.492 e. The number of rotatable bonds is 7. The van der Waals surface area contributed by atoms with Crippen LogP contribution in [0.25, 0.3) is 0 Å². The number of carbonyl (C=O) groups excluding carboxylic acids is 1. The molecule has 1 atom stereocenters. The van der Waals surface area contributed by atoms with Crippen LogP contribution >= 0.6 is 0 Å². The lowest BCUT2D eigenvalue weighted by molar-refractivity contribution is -0.125. The monoisotopic (exact) mass is 328 g/mol. The first-order chi connectivity index (χ1) is 11.7. The van der Waals surface area contributed by atoms with Gasteiger partial charge in [0.15, 0.2) is 0 Å². The van der Waals surface area contributed by atoms with Crippen LogP contribution in [-0.2, 0) is 11.3 Å². The Morgan fingerprint density at radius 2 is 2.29 bits per heavy atom. The molecule has 128 valence electrons. The molecular weight excluding hydrogens is 304 g/mol. The number of aryl methyl sites for hydroxylation is 1. The minimum atomic E-state index is -0.0685. The maximum atomic E-state index is 12.4. The van der Waals surface area contributed by atoms with Crippen molar-refractivity contribution in [2.24, 2.45) is 0 Å². The van der Waals surface area contributed by atoms with Crippen LogP contribution in [0, 0.1) is 6.92 Å². The highest BCUT2D eigenvalue weighted by atomic mass is 16.5. The van der Waals surface area contributed by atoms with E-state index in [1.165, 1.54) is 5.56 Å². The van der Waals surface area contributed by atoms with Crippen molar-refractivity contribution in [2.45, 2.75) is 32.4 Å². The van der Waals surface area contributed by atoms with Crippen LogP contribution in [0.5, 0.6) is 5.75 Å². The van der Waals surface area contributed by atoms with Gasteiger partial charge >= 0.3 is 0 Å². The number of benzene rings is 1. The normalized spacial score (nSPS) is 17.8. The van der Waals surface area contributed by atoms with Gasteiger partial charge < -0.3 is 14.5 Å². The number of hydrogen-bond donors (Lipinski definition) is 1. The molecule has 1 saturated heterocycles. The zero-order chi connectivity index (χ0) is 16.8. The topological polar surface area (TPSA) is 54.7 Å². The van der Waals surface area contributed by atoms with Gasteiger partial charge in [-0.15, -0.1) is 0 Å². The Bertz CT molecular complexity index is 654. The molecule has 3 rings (SSSR count). The minimum absolute atomic E-state index is 0.0685. The molecule has 1 N–H and O–H groups in total. The molecule has 0 radical (unpaired) electrons. The quantitative estimate of drug-likeness (QED) is 0.849. The second-order valence-electron chi connectivity index (χ2n) is 6.16. The minimum Gasteiger partial charge on any atom is -0.492 e. The summed E-state index contributed by atoms with van der Waals surface area (Å²) in [6.45, 7) is 4.77. The van der Waals surface area contributed by atoms with Crippen molar-refractivity contribution >= 4 is 5.91 Å². The molecule has 0 saturated carbocycles. The van der Waals surface area contributed by atoms with Gasteiger partial charge in [-0.2, -0.15) is 0 Å². The molecule has 1 aromatic heterocycles. The SMILES string of the molecule is Cc1cccc(OCCN2CCC[C@H]2C(=O)NCc2ccco2)c1. The third-order valence-corrected chi connectivity index (χ3v) is 4.32. The first kappa shape index (κ1) is 16.6. The van der Waals surface area contributed by atoms with Gasteiger partial charge in [-0.3, -0.25) is 9.69 Å². The maximum absolute atomic E-state index is 12.4. The van der Waals surface area contributed by atoms with Gasteiger partial charge in [0.05, 0.1) is 18.8 Å². The Balaban J connectivity index is 1.45. The number of amides is 1. The van der Waals surface area contributed by atoms with Crippen molar-refractivity contribution in [3.05, 3.63) is 54.0 Å². The molecule has 2 aromatic rings. The highest BCUT2D eigenvalue weighted by Crippen LogP contribution is 2.18. The second-order valence-corrected chi connectivity index (χ2v) is 6.16. The maximum Gasteiger partial charge on any atom is 0.237 e. The van der Waals surface area contributed by atoms with Crippen LogP contribution in [0.2, 0.25) is 0 Å². The molecule has 1 aliphatic heterocycles. The van der Waals surface area contributed by atoms with Gasteiger partial charge in [0, 0.05) is 6.54 Å². The number of ether oxygens (including phenoxy) is 1. The number of hydrogen-bond acceptors (Lipinski definition) is 4. The predicted octanol–water partition coefficient (Wildman–Crippen LogP) is 2.75. The summed E-state index contributed by atoms with van der Waals surface area (Å²) in [5.74, 6) is 1.73. The van der Waals surface area contributed by atoms with E-state index < -0.39 is 0 Å². The first-order valence-corrected chi connectivity index (χ1v) is 8.46. The molecule has 5 nitrogen and oxygen atoms in total. The molecule has 0 spiro atoms. The number of nitrogens with one attached hydrogen (secondary N) is 1. The third kappa shape index (κ3) is 4.38. The van der Waals surface area contributed by atoms with Crippen molar-refractivity contribution < 1.29 is 13.9 Å². The van der Waals surface area contributed by atoms with Gasteiger partial charge in [-0.05, 0) is 56.1 Å². The zero-order valence-electron chi connectivity index (χ0n) is 14.0. The lowest BCUT2D eigenvalue weighted by Crippen LogP contribution is -2.44. The Morgan fingerprint density at radius 3 is 3.08 bits per heavy atom. The molecule has 0 aliphatic carbocycles. The predicted molar refractivity (Wildman–Crippen MR) is 91.8 cm³/mol. The smallest absolute Gasteiger partial charge is 0.237 e.